The lowest BCUT2D eigenvalue weighted by Crippen LogP contribution is -2.13. The van der Waals surface area contributed by atoms with E-state index in [1.54, 1.807) is 18.2 Å². The molecule has 0 fully saturated rings. The van der Waals surface area contributed by atoms with Gasteiger partial charge in [0.25, 0.3) is 0 Å². The Balaban J connectivity index is 2.47. The number of sulfone groups is 1. The monoisotopic (exact) mass is 379 g/mol. The predicted octanol–water partition coefficient (Wildman–Crippen LogP) is 2.88. The molecule has 4 nitrogen and oxygen atoms in total. The van der Waals surface area contributed by atoms with E-state index < -0.39 is 15.7 Å². The van der Waals surface area contributed by atoms with Crippen LogP contribution in [0.25, 0.3) is 11.6 Å². The zero-order valence-electron chi connectivity index (χ0n) is 11.8. The third kappa shape index (κ3) is 4.05. The lowest BCUT2D eigenvalue weighted by molar-refractivity contribution is -0.112. The number of benzene rings is 2. The van der Waals surface area contributed by atoms with E-state index in [2.05, 4.69) is 15.9 Å². The molecule has 2 aromatic carbocycles. The number of nitrogens with two attached hydrogens (primary N) is 1. The van der Waals surface area contributed by atoms with Gasteiger partial charge in [-0.25, -0.2) is 8.42 Å². The summed E-state index contributed by atoms with van der Waals surface area (Å²) in [5, 5.41) is 0. The molecule has 2 aromatic rings. The molecule has 2 N–H and O–H groups in total. The SMILES string of the molecule is CS(=O)(=O)c1ccc(C(=Cc2cccc(Br)c2)C(N)=O)cc1. The molecule has 0 saturated heterocycles. The van der Waals surface area contributed by atoms with Crippen LogP contribution >= 0.6 is 15.9 Å². The molecule has 22 heavy (non-hydrogen) atoms. The highest BCUT2D eigenvalue weighted by molar-refractivity contribution is 9.10. The summed E-state index contributed by atoms with van der Waals surface area (Å²) >= 11 is 3.36. The van der Waals surface area contributed by atoms with Crippen LogP contribution in [0, 0.1) is 0 Å². The maximum absolute atomic E-state index is 11.7. The largest absolute Gasteiger partial charge is 0.366 e. The second-order valence-electron chi connectivity index (χ2n) is 4.77. The molecular weight excluding hydrogens is 366 g/mol. The Bertz CT molecular complexity index is 840. The molecule has 114 valence electrons. The van der Waals surface area contributed by atoms with E-state index in [1.165, 1.54) is 12.1 Å². The van der Waals surface area contributed by atoms with Crippen LogP contribution in [0.1, 0.15) is 11.1 Å². The van der Waals surface area contributed by atoms with Crippen molar-refractivity contribution in [3.63, 3.8) is 0 Å². The van der Waals surface area contributed by atoms with Crippen LogP contribution < -0.4 is 5.73 Å². The normalized spacial score (nSPS) is 12.2. The van der Waals surface area contributed by atoms with Crippen molar-refractivity contribution in [2.45, 2.75) is 4.90 Å². The number of halogens is 1. The summed E-state index contributed by atoms with van der Waals surface area (Å²) in [6.07, 6.45) is 2.80. The van der Waals surface area contributed by atoms with E-state index in [0.29, 0.717) is 11.1 Å². The van der Waals surface area contributed by atoms with Gasteiger partial charge in [0, 0.05) is 16.3 Å². The lowest BCUT2D eigenvalue weighted by Gasteiger charge is -2.06. The fourth-order valence-electron chi connectivity index (χ4n) is 1.94. The smallest absolute Gasteiger partial charge is 0.249 e. The second-order valence-corrected chi connectivity index (χ2v) is 7.71. The highest BCUT2D eigenvalue weighted by atomic mass is 79.9. The standard InChI is InChI=1S/C16H14BrNO3S/c1-22(20,21)14-7-5-12(6-8-14)15(16(18)19)10-11-3-2-4-13(17)9-11/h2-10H,1H3,(H2,18,19). The molecule has 0 radical (unpaired) electrons. The number of carbonyl (C=O) groups excluding carboxylic acids is 1. The fourth-order valence-corrected chi connectivity index (χ4v) is 2.99. The minimum Gasteiger partial charge on any atom is -0.366 e. The van der Waals surface area contributed by atoms with Gasteiger partial charge in [0.05, 0.1) is 4.90 Å². The van der Waals surface area contributed by atoms with Crippen molar-refractivity contribution in [3.8, 4) is 0 Å². The number of hydrogen-bond donors (Lipinski definition) is 1. The van der Waals surface area contributed by atoms with Gasteiger partial charge in [-0.15, -0.1) is 0 Å². The minimum atomic E-state index is -3.27. The molecule has 0 aliphatic rings. The predicted molar refractivity (Wildman–Crippen MR) is 90.8 cm³/mol. The first-order valence-electron chi connectivity index (χ1n) is 6.35. The summed E-state index contributed by atoms with van der Waals surface area (Å²) in [6, 6.07) is 13.5. The Morgan fingerprint density at radius 2 is 1.77 bits per heavy atom. The van der Waals surface area contributed by atoms with Gasteiger partial charge in [0.15, 0.2) is 9.84 Å². The third-order valence-electron chi connectivity index (χ3n) is 3.02. The Kier molecular flexibility index (Phi) is 4.83. The molecule has 0 aromatic heterocycles. The van der Waals surface area contributed by atoms with Crippen molar-refractivity contribution >= 4 is 43.3 Å². The molecule has 0 bridgehead atoms. The molecule has 0 heterocycles. The van der Waals surface area contributed by atoms with Crippen LogP contribution in [0.3, 0.4) is 0 Å². The van der Waals surface area contributed by atoms with E-state index in [0.717, 1.165) is 16.3 Å². The number of rotatable bonds is 4. The van der Waals surface area contributed by atoms with Crippen LogP contribution in [0.15, 0.2) is 57.9 Å². The molecule has 0 atom stereocenters. The zero-order chi connectivity index (χ0) is 16.3. The van der Waals surface area contributed by atoms with Crippen molar-refractivity contribution in [1.29, 1.82) is 0 Å². The molecule has 2 rings (SSSR count). The first kappa shape index (κ1) is 16.5. The quantitative estimate of drug-likeness (QED) is 0.655. The van der Waals surface area contributed by atoms with E-state index in [1.807, 2.05) is 24.3 Å². The van der Waals surface area contributed by atoms with Crippen LogP contribution in [-0.2, 0) is 14.6 Å². The molecule has 0 aliphatic heterocycles. The van der Waals surface area contributed by atoms with Crippen LogP contribution in [0.5, 0.6) is 0 Å². The lowest BCUT2D eigenvalue weighted by atomic mass is 10.0. The van der Waals surface area contributed by atoms with Gasteiger partial charge < -0.3 is 5.73 Å². The Labute approximate surface area is 137 Å². The zero-order valence-corrected chi connectivity index (χ0v) is 14.2. The maximum Gasteiger partial charge on any atom is 0.249 e. The molecular formula is C16H14BrNO3S. The Morgan fingerprint density at radius 3 is 2.27 bits per heavy atom. The average Bonchev–Trinajstić information content (AvgIpc) is 2.44. The first-order chi connectivity index (χ1) is 10.3. The topological polar surface area (TPSA) is 77.2 Å². The summed E-state index contributed by atoms with van der Waals surface area (Å²) in [6.45, 7) is 0. The van der Waals surface area contributed by atoms with E-state index in [4.69, 9.17) is 5.73 Å². The van der Waals surface area contributed by atoms with Crippen molar-refractivity contribution in [2.75, 3.05) is 6.26 Å². The highest BCUT2D eigenvalue weighted by Gasteiger charge is 2.11. The van der Waals surface area contributed by atoms with Gasteiger partial charge in [-0.3, -0.25) is 4.79 Å². The van der Waals surface area contributed by atoms with Crippen molar-refractivity contribution in [1.82, 2.24) is 0 Å². The summed E-state index contributed by atoms with van der Waals surface area (Å²) < 4.78 is 23.8. The highest BCUT2D eigenvalue weighted by Crippen LogP contribution is 2.21. The van der Waals surface area contributed by atoms with Crippen LogP contribution in [0.4, 0.5) is 0 Å². The number of amides is 1. The number of primary amides is 1. The minimum absolute atomic E-state index is 0.197. The number of carbonyl (C=O) groups is 1. The first-order valence-corrected chi connectivity index (χ1v) is 9.03. The summed E-state index contributed by atoms with van der Waals surface area (Å²) in [7, 11) is -3.27. The molecule has 6 heteroatoms. The van der Waals surface area contributed by atoms with Gasteiger partial charge >= 0.3 is 0 Å². The fraction of sp³-hybridized carbons (Fsp3) is 0.0625. The second kappa shape index (κ2) is 6.46. The molecule has 1 amide bonds. The Morgan fingerprint density at radius 1 is 1.14 bits per heavy atom. The van der Waals surface area contributed by atoms with Gasteiger partial charge in [-0.1, -0.05) is 40.2 Å². The molecule has 0 aliphatic carbocycles. The van der Waals surface area contributed by atoms with Crippen molar-refractivity contribution in [3.05, 3.63) is 64.1 Å². The van der Waals surface area contributed by atoms with Crippen molar-refractivity contribution in [2.24, 2.45) is 5.73 Å². The van der Waals surface area contributed by atoms with Crippen molar-refractivity contribution < 1.29 is 13.2 Å². The van der Waals surface area contributed by atoms with Gasteiger partial charge in [-0.2, -0.15) is 0 Å². The van der Waals surface area contributed by atoms with Gasteiger partial charge in [0.1, 0.15) is 0 Å². The summed E-state index contributed by atoms with van der Waals surface area (Å²) in [5.74, 6) is -0.577. The Hall–Kier alpha value is -1.92. The third-order valence-corrected chi connectivity index (χ3v) is 4.64. The van der Waals surface area contributed by atoms with Crippen LogP contribution in [0.2, 0.25) is 0 Å². The average molecular weight is 380 g/mol. The van der Waals surface area contributed by atoms with Crippen LogP contribution in [-0.4, -0.2) is 20.6 Å². The van der Waals surface area contributed by atoms with Gasteiger partial charge in [-0.05, 0) is 41.5 Å². The summed E-state index contributed by atoms with van der Waals surface area (Å²) in [5.41, 5.74) is 7.14. The summed E-state index contributed by atoms with van der Waals surface area (Å²) in [4.78, 5) is 11.9. The molecule has 0 spiro atoms. The maximum atomic E-state index is 11.7. The van der Waals surface area contributed by atoms with E-state index in [9.17, 15) is 13.2 Å². The molecule has 0 saturated carbocycles. The van der Waals surface area contributed by atoms with E-state index in [-0.39, 0.29) is 4.90 Å². The van der Waals surface area contributed by atoms with Gasteiger partial charge in [0.2, 0.25) is 5.91 Å². The van der Waals surface area contributed by atoms with E-state index >= 15 is 0 Å². The number of hydrogen-bond acceptors (Lipinski definition) is 3. The molecule has 0 unspecified atom stereocenters.